The molecule has 0 saturated carbocycles. The number of imidazole rings is 1. The molecule has 3 heterocycles. The summed E-state index contributed by atoms with van der Waals surface area (Å²) in [7, 11) is 0. The molecule has 0 unspecified atom stereocenters. The van der Waals surface area contributed by atoms with E-state index in [9.17, 15) is 4.79 Å². The van der Waals surface area contributed by atoms with E-state index in [2.05, 4.69) is 15.0 Å². The second kappa shape index (κ2) is 3.85. The van der Waals surface area contributed by atoms with Gasteiger partial charge >= 0.3 is 5.69 Å². The maximum Gasteiger partial charge on any atom is 0.328 e. The Kier molecular flexibility index (Phi) is 2.32. The molecule has 2 aromatic heterocycles. The van der Waals surface area contributed by atoms with Gasteiger partial charge in [0.25, 0.3) is 0 Å². The lowest BCUT2D eigenvalue weighted by atomic mass is 10.1. The second-order valence-electron chi connectivity index (χ2n) is 4.10. The van der Waals surface area contributed by atoms with Crippen LogP contribution in [0.15, 0.2) is 11.1 Å². The number of aromatic nitrogens is 4. The quantitative estimate of drug-likeness (QED) is 0.727. The molecule has 90 valence electrons. The number of fused-ring (bicyclic) bond motifs is 1. The summed E-state index contributed by atoms with van der Waals surface area (Å²) in [5.74, 6) is 0.304. The molecule has 0 aromatic carbocycles. The van der Waals surface area contributed by atoms with Gasteiger partial charge < -0.3 is 15.5 Å². The summed E-state index contributed by atoms with van der Waals surface area (Å²) in [4.78, 5) is 22.6. The van der Waals surface area contributed by atoms with Crippen molar-refractivity contribution in [1.82, 2.24) is 19.5 Å². The van der Waals surface area contributed by atoms with Crippen LogP contribution in [0.25, 0.3) is 11.2 Å². The molecule has 7 nitrogen and oxygen atoms in total. The van der Waals surface area contributed by atoms with E-state index < -0.39 is 0 Å². The van der Waals surface area contributed by atoms with Crippen molar-refractivity contribution in [1.29, 1.82) is 0 Å². The van der Waals surface area contributed by atoms with Crippen LogP contribution in [0, 0.1) is 0 Å². The molecular formula is C10H13N5O2. The molecule has 1 aliphatic rings. The van der Waals surface area contributed by atoms with Crippen molar-refractivity contribution in [3.8, 4) is 0 Å². The predicted molar refractivity (Wildman–Crippen MR) is 61.7 cm³/mol. The largest absolute Gasteiger partial charge is 0.382 e. The number of H-pyrrole nitrogens is 1. The Labute approximate surface area is 96.6 Å². The average Bonchev–Trinajstić information content (AvgIpc) is 2.68. The average molecular weight is 235 g/mol. The summed E-state index contributed by atoms with van der Waals surface area (Å²) in [6, 6.07) is 0.124. The third-order valence-corrected chi connectivity index (χ3v) is 3.09. The van der Waals surface area contributed by atoms with E-state index in [1.54, 1.807) is 4.57 Å². The minimum Gasteiger partial charge on any atom is -0.382 e. The first-order chi connectivity index (χ1) is 8.27. The molecule has 3 rings (SSSR count). The zero-order valence-electron chi connectivity index (χ0n) is 9.22. The van der Waals surface area contributed by atoms with Crippen molar-refractivity contribution in [2.75, 3.05) is 18.9 Å². The fourth-order valence-corrected chi connectivity index (χ4v) is 2.24. The SMILES string of the molecule is Nc1ncnc2c1[nH]c(=O)n2C1CCOCC1. The molecule has 0 atom stereocenters. The molecule has 0 spiro atoms. The highest BCUT2D eigenvalue weighted by molar-refractivity contribution is 5.81. The Balaban J connectivity index is 2.18. The molecule has 1 aliphatic heterocycles. The fourth-order valence-electron chi connectivity index (χ4n) is 2.24. The summed E-state index contributed by atoms with van der Waals surface area (Å²) in [6.45, 7) is 1.34. The zero-order valence-corrected chi connectivity index (χ0v) is 9.22. The van der Waals surface area contributed by atoms with Gasteiger partial charge in [0.05, 0.1) is 0 Å². The first-order valence-electron chi connectivity index (χ1n) is 5.56. The molecule has 0 aliphatic carbocycles. The van der Waals surface area contributed by atoms with Crippen molar-refractivity contribution in [2.24, 2.45) is 0 Å². The molecule has 0 bridgehead atoms. The van der Waals surface area contributed by atoms with Gasteiger partial charge in [-0.05, 0) is 12.8 Å². The number of aromatic amines is 1. The highest BCUT2D eigenvalue weighted by atomic mass is 16.5. The number of anilines is 1. The van der Waals surface area contributed by atoms with Crippen LogP contribution >= 0.6 is 0 Å². The maximum absolute atomic E-state index is 11.9. The lowest BCUT2D eigenvalue weighted by Crippen LogP contribution is -2.27. The van der Waals surface area contributed by atoms with Crippen LogP contribution < -0.4 is 11.4 Å². The number of nitrogen functional groups attached to an aromatic ring is 1. The Morgan fingerprint density at radius 3 is 2.94 bits per heavy atom. The van der Waals surface area contributed by atoms with E-state index in [0.29, 0.717) is 30.2 Å². The highest BCUT2D eigenvalue weighted by Crippen LogP contribution is 2.23. The summed E-state index contributed by atoms with van der Waals surface area (Å²) in [5, 5.41) is 0. The number of nitrogens with one attached hydrogen (secondary N) is 1. The van der Waals surface area contributed by atoms with Crippen LogP contribution in [0.2, 0.25) is 0 Å². The number of hydrogen-bond acceptors (Lipinski definition) is 5. The number of nitrogens with two attached hydrogens (primary N) is 1. The van der Waals surface area contributed by atoms with Gasteiger partial charge in [-0.2, -0.15) is 0 Å². The van der Waals surface area contributed by atoms with Crippen LogP contribution in [-0.2, 0) is 4.74 Å². The fraction of sp³-hybridized carbons (Fsp3) is 0.500. The van der Waals surface area contributed by atoms with Crippen LogP contribution in [0.1, 0.15) is 18.9 Å². The van der Waals surface area contributed by atoms with Crippen molar-refractivity contribution >= 4 is 17.0 Å². The summed E-state index contributed by atoms with van der Waals surface area (Å²) < 4.78 is 6.95. The van der Waals surface area contributed by atoms with Crippen LogP contribution in [-0.4, -0.2) is 32.7 Å². The Morgan fingerprint density at radius 2 is 2.18 bits per heavy atom. The monoisotopic (exact) mass is 235 g/mol. The van der Waals surface area contributed by atoms with E-state index >= 15 is 0 Å². The molecule has 17 heavy (non-hydrogen) atoms. The minimum absolute atomic E-state index is 0.124. The summed E-state index contributed by atoms with van der Waals surface area (Å²) >= 11 is 0. The van der Waals surface area contributed by atoms with Gasteiger partial charge in [-0.1, -0.05) is 0 Å². The number of ether oxygens (including phenoxy) is 1. The Hall–Kier alpha value is -1.89. The molecule has 0 amide bonds. The Bertz CT molecular complexity index is 596. The second-order valence-corrected chi connectivity index (χ2v) is 4.10. The van der Waals surface area contributed by atoms with E-state index in [-0.39, 0.29) is 11.7 Å². The molecular weight excluding hydrogens is 222 g/mol. The lowest BCUT2D eigenvalue weighted by molar-refractivity contribution is 0.0697. The van der Waals surface area contributed by atoms with Gasteiger partial charge in [-0.15, -0.1) is 0 Å². The first kappa shape index (κ1) is 10.3. The third-order valence-electron chi connectivity index (χ3n) is 3.09. The minimum atomic E-state index is -0.181. The highest BCUT2D eigenvalue weighted by Gasteiger charge is 2.21. The van der Waals surface area contributed by atoms with E-state index in [1.165, 1.54) is 6.33 Å². The van der Waals surface area contributed by atoms with Gasteiger partial charge in [-0.3, -0.25) is 4.57 Å². The number of rotatable bonds is 1. The van der Waals surface area contributed by atoms with Crippen molar-refractivity contribution in [2.45, 2.75) is 18.9 Å². The maximum atomic E-state index is 11.9. The van der Waals surface area contributed by atoms with Gasteiger partial charge in [0.2, 0.25) is 0 Å². The summed E-state index contributed by atoms with van der Waals surface area (Å²) in [5.41, 5.74) is 6.62. The van der Waals surface area contributed by atoms with E-state index in [1.807, 2.05) is 0 Å². The van der Waals surface area contributed by atoms with Gasteiger partial charge in [-0.25, -0.2) is 14.8 Å². The zero-order chi connectivity index (χ0) is 11.8. The number of nitrogens with zero attached hydrogens (tertiary/aromatic N) is 3. The molecule has 1 fully saturated rings. The standard InChI is InChI=1S/C10H13N5O2/c11-8-7-9(13-5-12-8)15(10(16)14-7)6-1-3-17-4-2-6/h5-6H,1-4H2,(H,14,16)(H2,11,12,13). The van der Waals surface area contributed by atoms with Gasteiger partial charge in [0.15, 0.2) is 11.5 Å². The first-order valence-corrected chi connectivity index (χ1v) is 5.56. The smallest absolute Gasteiger partial charge is 0.328 e. The normalized spacial score (nSPS) is 17.6. The van der Waals surface area contributed by atoms with Crippen LogP contribution in [0.5, 0.6) is 0 Å². The summed E-state index contributed by atoms with van der Waals surface area (Å²) in [6.07, 6.45) is 3.01. The molecule has 0 radical (unpaired) electrons. The number of hydrogen-bond donors (Lipinski definition) is 2. The topological polar surface area (TPSA) is 98.8 Å². The third kappa shape index (κ3) is 1.59. The van der Waals surface area contributed by atoms with E-state index in [0.717, 1.165) is 12.8 Å². The molecule has 3 N–H and O–H groups in total. The van der Waals surface area contributed by atoms with E-state index in [4.69, 9.17) is 10.5 Å². The van der Waals surface area contributed by atoms with Gasteiger partial charge in [0.1, 0.15) is 11.8 Å². The van der Waals surface area contributed by atoms with Crippen molar-refractivity contribution in [3.63, 3.8) is 0 Å². The van der Waals surface area contributed by atoms with Crippen LogP contribution in [0.3, 0.4) is 0 Å². The van der Waals surface area contributed by atoms with Crippen LogP contribution in [0.4, 0.5) is 5.82 Å². The van der Waals surface area contributed by atoms with Crippen molar-refractivity contribution < 1.29 is 4.74 Å². The van der Waals surface area contributed by atoms with Gasteiger partial charge in [0, 0.05) is 19.3 Å². The molecule has 2 aromatic rings. The lowest BCUT2D eigenvalue weighted by Gasteiger charge is -2.22. The Morgan fingerprint density at radius 1 is 1.41 bits per heavy atom. The molecule has 1 saturated heterocycles. The molecule has 7 heteroatoms. The predicted octanol–water partition coefficient (Wildman–Crippen LogP) is 0.0533. The van der Waals surface area contributed by atoms with Crippen molar-refractivity contribution in [3.05, 3.63) is 16.8 Å².